The van der Waals surface area contributed by atoms with Crippen molar-refractivity contribution < 1.29 is 31.5 Å². The molecule has 0 fully saturated rings. The fourth-order valence-corrected chi connectivity index (χ4v) is 5.67. The number of nitrogens with zero attached hydrogens (tertiary/aromatic N) is 1. The number of amides is 1. The number of halogens is 5. The first-order valence-electron chi connectivity index (χ1n) is 12.3. The van der Waals surface area contributed by atoms with Gasteiger partial charge in [-0.2, -0.15) is 13.2 Å². The number of benzene rings is 3. The number of anilines is 1. The van der Waals surface area contributed by atoms with Crippen LogP contribution in [0.15, 0.2) is 30.3 Å². The van der Waals surface area contributed by atoms with E-state index in [1.165, 1.54) is 11.0 Å². The average Bonchev–Trinajstić information content (AvgIpc) is 3.27. The number of alkyl halides is 3. The van der Waals surface area contributed by atoms with Crippen molar-refractivity contribution in [1.29, 1.82) is 0 Å². The van der Waals surface area contributed by atoms with E-state index in [-0.39, 0.29) is 12.1 Å². The Balaban J connectivity index is 1.63. The summed E-state index contributed by atoms with van der Waals surface area (Å²) < 4.78 is 74.0. The highest BCUT2D eigenvalue weighted by atomic mass is 19.4. The summed E-state index contributed by atoms with van der Waals surface area (Å²) in [7, 11) is 0. The summed E-state index contributed by atoms with van der Waals surface area (Å²) in [5.74, 6) is -2.18. The lowest BCUT2D eigenvalue weighted by atomic mass is 9.84. The lowest BCUT2D eigenvalue weighted by Crippen LogP contribution is -2.29. The van der Waals surface area contributed by atoms with Crippen LogP contribution < -0.4 is 9.64 Å². The van der Waals surface area contributed by atoms with Gasteiger partial charge in [-0.1, -0.05) is 6.92 Å². The molecule has 37 heavy (non-hydrogen) atoms. The number of carbonyl (C=O) groups is 1. The quantitative estimate of drug-likeness (QED) is 0.341. The van der Waals surface area contributed by atoms with Crippen molar-refractivity contribution in [3.8, 4) is 16.9 Å². The van der Waals surface area contributed by atoms with Crippen molar-refractivity contribution in [1.82, 2.24) is 0 Å². The molecule has 3 aromatic carbocycles. The van der Waals surface area contributed by atoms with Crippen LogP contribution in [0.25, 0.3) is 11.1 Å². The molecule has 0 aliphatic carbocycles. The van der Waals surface area contributed by atoms with Crippen LogP contribution in [-0.2, 0) is 25.4 Å². The monoisotopic (exact) mass is 515 g/mol. The average molecular weight is 516 g/mol. The van der Waals surface area contributed by atoms with Gasteiger partial charge in [0, 0.05) is 23.4 Å². The van der Waals surface area contributed by atoms with Crippen molar-refractivity contribution in [2.75, 3.05) is 18.1 Å². The first kappa shape index (κ1) is 25.2. The minimum absolute atomic E-state index is 0.162. The molecule has 8 heteroatoms. The van der Waals surface area contributed by atoms with Crippen LogP contribution in [0.4, 0.5) is 27.6 Å². The zero-order valence-electron chi connectivity index (χ0n) is 20.8. The van der Waals surface area contributed by atoms with Gasteiger partial charge in [-0.3, -0.25) is 4.79 Å². The van der Waals surface area contributed by atoms with E-state index in [0.717, 1.165) is 51.4 Å². The highest BCUT2D eigenvalue weighted by molar-refractivity contribution is 6.08. The van der Waals surface area contributed by atoms with Crippen LogP contribution in [0, 0.1) is 25.5 Å². The second kappa shape index (κ2) is 9.15. The molecule has 0 aromatic heterocycles. The Hall–Kier alpha value is -3.42. The van der Waals surface area contributed by atoms with Crippen LogP contribution >= 0.6 is 0 Å². The Morgan fingerprint density at radius 1 is 1.03 bits per heavy atom. The Kier molecular flexibility index (Phi) is 6.24. The van der Waals surface area contributed by atoms with Gasteiger partial charge < -0.3 is 9.64 Å². The van der Waals surface area contributed by atoms with Crippen LogP contribution in [0.5, 0.6) is 5.75 Å². The van der Waals surface area contributed by atoms with Crippen molar-refractivity contribution in [2.24, 2.45) is 0 Å². The van der Waals surface area contributed by atoms with Crippen LogP contribution in [0.1, 0.15) is 57.1 Å². The molecule has 1 amide bonds. The van der Waals surface area contributed by atoms with Gasteiger partial charge in [-0.05, 0) is 103 Å². The molecule has 2 heterocycles. The van der Waals surface area contributed by atoms with Crippen molar-refractivity contribution >= 4 is 11.6 Å². The zero-order chi connectivity index (χ0) is 26.6. The predicted octanol–water partition coefficient (Wildman–Crippen LogP) is 7.36. The lowest BCUT2D eigenvalue weighted by molar-refractivity contribution is -0.140. The molecule has 0 saturated heterocycles. The molecule has 3 aromatic rings. The molecule has 0 spiro atoms. The minimum Gasteiger partial charge on any atom is -0.490 e. The second-order valence-electron chi connectivity index (χ2n) is 9.59. The summed E-state index contributed by atoms with van der Waals surface area (Å²) in [4.78, 5) is 14.8. The van der Waals surface area contributed by atoms with Gasteiger partial charge in [0.1, 0.15) is 5.82 Å². The smallest absolute Gasteiger partial charge is 0.419 e. The van der Waals surface area contributed by atoms with E-state index in [9.17, 15) is 22.4 Å². The molecule has 2 aliphatic heterocycles. The van der Waals surface area contributed by atoms with E-state index in [4.69, 9.17) is 4.74 Å². The van der Waals surface area contributed by atoms with Gasteiger partial charge in [0.25, 0.3) is 5.91 Å². The number of hydrogen-bond acceptors (Lipinski definition) is 2. The molecule has 2 aliphatic rings. The molecule has 0 N–H and O–H groups in total. The summed E-state index contributed by atoms with van der Waals surface area (Å²) in [6.07, 6.45) is -2.15. The summed E-state index contributed by atoms with van der Waals surface area (Å²) in [5.41, 5.74) is 5.32. The largest absolute Gasteiger partial charge is 0.490 e. The van der Waals surface area contributed by atoms with E-state index in [1.807, 2.05) is 26.8 Å². The summed E-state index contributed by atoms with van der Waals surface area (Å²) in [6.45, 7) is 6.67. The molecule has 0 radical (unpaired) electrons. The third-order valence-corrected chi connectivity index (χ3v) is 7.44. The van der Waals surface area contributed by atoms with Gasteiger partial charge in [0.2, 0.25) is 0 Å². The molecular weight excluding hydrogens is 489 g/mol. The van der Waals surface area contributed by atoms with E-state index in [0.29, 0.717) is 49.4 Å². The van der Waals surface area contributed by atoms with Gasteiger partial charge in [-0.15, -0.1) is 0 Å². The molecule has 0 saturated carbocycles. The molecule has 5 rings (SSSR count). The maximum Gasteiger partial charge on any atom is 0.419 e. The third kappa shape index (κ3) is 4.16. The first-order chi connectivity index (χ1) is 17.5. The Morgan fingerprint density at radius 3 is 2.46 bits per heavy atom. The summed E-state index contributed by atoms with van der Waals surface area (Å²) in [6, 6.07) is 5.63. The van der Waals surface area contributed by atoms with Gasteiger partial charge >= 0.3 is 6.18 Å². The van der Waals surface area contributed by atoms with Crippen molar-refractivity contribution in [3.05, 3.63) is 80.9 Å². The third-order valence-electron chi connectivity index (χ3n) is 7.44. The van der Waals surface area contributed by atoms with E-state index in [1.54, 1.807) is 0 Å². The van der Waals surface area contributed by atoms with E-state index in [2.05, 4.69) is 0 Å². The topological polar surface area (TPSA) is 29.5 Å². The van der Waals surface area contributed by atoms with Gasteiger partial charge in [0.05, 0.1) is 12.2 Å². The first-order valence-corrected chi connectivity index (χ1v) is 12.3. The fraction of sp³-hybridized carbons (Fsp3) is 0.345. The number of rotatable bonds is 3. The maximum absolute atomic E-state index is 15.2. The molecule has 194 valence electrons. The van der Waals surface area contributed by atoms with Crippen LogP contribution in [-0.4, -0.2) is 19.1 Å². The van der Waals surface area contributed by atoms with Crippen LogP contribution in [0.3, 0.4) is 0 Å². The fourth-order valence-electron chi connectivity index (χ4n) is 5.67. The van der Waals surface area contributed by atoms with E-state index < -0.39 is 29.3 Å². The van der Waals surface area contributed by atoms with Crippen molar-refractivity contribution in [3.63, 3.8) is 0 Å². The molecule has 0 unspecified atom stereocenters. The molecular formula is C29H26F5NO2. The van der Waals surface area contributed by atoms with Gasteiger partial charge in [-0.25, -0.2) is 8.78 Å². The summed E-state index contributed by atoms with van der Waals surface area (Å²) >= 11 is 0. The van der Waals surface area contributed by atoms with Crippen LogP contribution in [0.2, 0.25) is 0 Å². The molecule has 0 bridgehead atoms. The predicted molar refractivity (Wildman–Crippen MR) is 131 cm³/mol. The molecule has 0 atom stereocenters. The highest BCUT2D eigenvalue weighted by Gasteiger charge is 2.36. The lowest BCUT2D eigenvalue weighted by Gasteiger charge is -2.25. The zero-order valence-corrected chi connectivity index (χ0v) is 20.8. The highest BCUT2D eigenvalue weighted by Crippen LogP contribution is 2.45. The summed E-state index contributed by atoms with van der Waals surface area (Å²) in [5, 5.41) is 0. The molecule has 3 nitrogen and oxygen atoms in total. The Morgan fingerprint density at radius 2 is 1.78 bits per heavy atom. The maximum atomic E-state index is 15.2. The normalized spacial score (nSPS) is 14.9. The van der Waals surface area contributed by atoms with Crippen molar-refractivity contribution in [2.45, 2.75) is 52.6 Å². The number of aryl methyl sites for hydroxylation is 1. The number of hydrogen-bond donors (Lipinski definition) is 0. The number of carbonyl (C=O) groups excluding carboxylic acids is 1. The van der Waals surface area contributed by atoms with E-state index >= 15 is 4.39 Å². The Labute approximate surface area is 211 Å². The Bertz CT molecular complexity index is 1430. The minimum atomic E-state index is -4.85. The SMILES string of the molecule is CCc1c(C)cc2c(c1-c1cc(F)c3c(c1C)CCCO3)CCN2C(=O)c1ccc(C(F)(F)F)c(F)c1. The second-order valence-corrected chi connectivity index (χ2v) is 9.59. The standard InChI is InChI=1S/C29H26F5NO2/c1-4-18-15(2)12-25-20(26(18)21-14-24(31)27-19(16(21)3)6-5-11-37-27)9-10-35(25)28(36)17-7-8-22(23(30)13-17)29(32,33)34/h7-8,12-14H,4-6,9-11H2,1-3H3. The van der Waals surface area contributed by atoms with Gasteiger partial charge in [0.15, 0.2) is 11.6 Å². The number of ether oxygens (including phenoxy) is 1. The number of fused-ring (bicyclic) bond motifs is 2.